The maximum Gasteiger partial charge on any atom is 0.278 e. The third kappa shape index (κ3) is 3.00. The van der Waals surface area contributed by atoms with Gasteiger partial charge in [0.1, 0.15) is 11.6 Å². The average molecular weight is 353 g/mol. The van der Waals surface area contributed by atoms with E-state index in [1.165, 1.54) is 4.68 Å². The molecule has 0 bridgehead atoms. The Bertz CT molecular complexity index is 1000. The summed E-state index contributed by atoms with van der Waals surface area (Å²) < 4.78 is 3.00. The number of nitrogens with one attached hydrogen (secondary N) is 1. The zero-order chi connectivity index (χ0) is 18.8. The van der Waals surface area contributed by atoms with Crippen LogP contribution in [0.5, 0.6) is 0 Å². The van der Waals surface area contributed by atoms with Crippen LogP contribution in [0.4, 0.5) is 0 Å². The Morgan fingerprint density at radius 2 is 1.88 bits per heavy atom. The summed E-state index contributed by atoms with van der Waals surface area (Å²) in [6.45, 7) is 7.89. The number of aromatic nitrogens is 4. The number of rotatable bonds is 5. The molecule has 0 unspecified atom stereocenters. The van der Waals surface area contributed by atoms with Gasteiger partial charge in [0.2, 0.25) is 5.91 Å². The van der Waals surface area contributed by atoms with E-state index >= 15 is 0 Å². The number of hydrogen-bond donors (Lipinski definition) is 1. The molecule has 2 aromatic heterocycles. The summed E-state index contributed by atoms with van der Waals surface area (Å²) >= 11 is 0. The van der Waals surface area contributed by atoms with Crippen molar-refractivity contribution in [3.05, 3.63) is 52.1 Å². The van der Waals surface area contributed by atoms with Crippen molar-refractivity contribution >= 4 is 16.8 Å². The van der Waals surface area contributed by atoms with Crippen LogP contribution in [0.3, 0.4) is 0 Å². The van der Waals surface area contributed by atoms with Crippen molar-refractivity contribution in [3.63, 3.8) is 0 Å². The SMILES string of the molecule is CCCNC(=O)[C@H](C)n1nc(C)c2nn(-c3ccccc3)c(C)c2c1=O. The Morgan fingerprint density at radius 3 is 2.54 bits per heavy atom. The topological polar surface area (TPSA) is 81.8 Å². The van der Waals surface area contributed by atoms with E-state index in [0.29, 0.717) is 23.1 Å². The Labute approximate surface area is 151 Å². The van der Waals surface area contributed by atoms with Gasteiger partial charge in [-0.2, -0.15) is 10.2 Å². The molecule has 3 rings (SSSR count). The summed E-state index contributed by atoms with van der Waals surface area (Å²) in [5, 5.41) is 12.2. The Kier molecular flexibility index (Phi) is 4.88. The highest BCUT2D eigenvalue weighted by molar-refractivity contribution is 5.84. The maximum absolute atomic E-state index is 13.0. The third-order valence-corrected chi connectivity index (χ3v) is 4.43. The zero-order valence-corrected chi connectivity index (χ0v) is 15.5. The second kappa shape index (κ2) is 7.11. The average Bonchev–Trinajstić information content (AvgIpc) is 3.01. The minimum Gasteiger partial charge on any atom is -0.354 e. The Balaban J connectivity index is 2.15. The van der Waals surface area contributed by atoms with E-state index in [1.807, 2.05) is 44.2 Å². The smallest absolute Gasteiger partial charge is 0.278 e. The highest BCUT2D eigenvalue weighted by atomic mass is 16.2. The van der Waals surface area contributed by atoms with Gasteiger partial charge in [-0.3, -0.25) is 9.59 Å². The van der Waals surface area contributed by atoms with Crippen LogP contribution in [0.15, 0.2) is 35.1 Å². The second-order valence-electron chi connectivity index (χ2n) is 6.36. The van der Waals surface area contributed by atoms with Gasteiger partial charge in [-0.05, 0) is 39.3 Å². The van der Waals surface area contributed by atoms with E-state index in [9.17, 15) is 9.59 Å². The number of hydrogen-bond acceptors (Lipinski definition) is 4. The molecule has 0 saturated heterocycles. The molecular formula is C19H23N5O2. The van der Waals surface area contributed by atoms with Gasteiger partial charge < -0.3 is 5.32 Å². The van der Waals surface area contributed by atoms with Crippen LogP contribution < -0.4 is 10.9 Å². The number of carbonyl (C=O) groups is 1. The summed E-state index contributed by atoms with van der Waals surface area (Å²) in [5.74, 6) is -0.215. The normalized spacial score (nSPS) is 12.3. The van der Waals surface area contributed by atoms with Gasteiger partial charge in [0.25, 0.3) is 5.56 Å². The Morgan fingerprint density at radius 1 is 1.19 bits per heavy atom. The van der Waals surface area contributed by atoms with Gasteiger partial charge in [-0.25, -0.2) is 9.36 Å². The van der Waals surface area contributed by atoms with Crippen LogP contribution in [-0.4, -0.2) is 32.0 Å². The molecule has 2 heterocycles. The van der Waals surface area contributed by atoms with Crippen LogP contribution in [0.2, 0.25) is 0 Å². The lowest BCUT2D eigenvalue weighted by Gasteiger charge is -2.14. The molecule has 1 amide bonds. The molecule has 0 aliphatic heterocycles. The lowest BCUT2D eigenvalue weighted by molar-refractivity contribution is -0.124. The number of carbonyl (C=O) groups excluding carboxylic acids is 1. The number of amides is 1. The molecule has 1 N–H and O–H groups in total. The number of fused-ring (bicyclic) bond motifs is 1. The van der Waals surface area contributed by atoms with Crippen molar-refractivity contribution in [1.82, 2.24) is 24.9 Å². The predicted molar refractivity (Wildman–Crippen MR) is 101 cm³/mol. The maximum atomic E-state index is 13.0. The fourth-order valence-corrected chi connectivity index (χ4v) is 2.97. The van der Waals surface area contributed by atoms with Crippen LogP contribution >= 0.6 is 0 Å². The molecule has 1 atom stereocenters. The molecule has 7 nitrogen and oxygen atoms in total. The van der Waals surface area contributed by atoms with Gasteiger partial charge in [0.05, 0.1) is 22.5 Å². The zero-order valence-electron chi connectivity index (χ0n) is 15.5. The van der Waals surface area contributed by atoms with E-state index < -0.39 is 6.04 Å². The van der Waals surface area contributed by atoms with Gasteiger partial charge in [0.15, 0.2) is 0 Å². The minimum absolute atomic E-state index is 0.215. The molecule has 3 aromatic rings. The van der Waals surface area contributed by atoms with Crippen LogP contribution in [0, 0.1) is 13.8 Å². The summed E-state index contributed by atoms with van der Waals surface area (Å²) in [6, 6.07) is 8.95. The third-order valence-electron chi connectivity index (χ3n) is 4.43. The van der Waals surface area contributed by atoms with Crippen LogP contribution in [0.1, 0.15) is 37.7 Å². The van der Waals surface area contributed by atoms with Gasteiger partial charge >= 0.3 is 0 Å². The fourth-order valence-electron chi connectivity index (χ4n) is 2.97. The van der Waals surface area contributed by atoms with Crippen molar-refractivity contribution in [3.8, 4) is 5.69 Å². The van der Waals surface area contributed by atoms with E-state index in [2.05, 4.69) is 15.5 Å². The number of nitrogens with zero attached hydrogens (tertiary/aromatic N) is 4. The van der Waals surface area contributed by atoms with Crippen molar-refractivity contribution in [2.24, 2.45) is 0 Å². The van der Waals surface area contributed by atoms with Gasteiger partial charge in [0, 0.05) is 6.54 Å². The largest absolute Gasteiger partial charge is 0.354 e. The molecule has 1 aromatic carbocycles. The summed E-state index contributed by atoms with van der Waals surface area (Å²) in [6.07, 6.45) is 0.835. The summed E-state index contributed by atoms with van der Waals surface area (Å²) in [7, 11) is 0. The second-order valence-corrected chi connectivity index (χ2v) is 6.36. The molecular weight excluding hydrogens is 330 g/mol. The number of para-hydroxylation sites is 1. The summed E-state index contributed by atoms with van der Waals surface area (Å²) in [4.78, 5) is 25.3. The number of aryl methyl sites for hydroxylation is 2. The molecule has 0 spiro atoms. The molecule has 0 aliphatic rings. The molecule has 0 fully saturated rings. The predicted octanol–water partition coefficient (Wildman–Crippen LogP) is 2.29. The first-order valence-corrected chi connectivity index (χ1v) is 8.77. The van der Waals surface area contributed by atoms with E-state index in [1.54, 1.807) is 18.5 Å². The van der Waals surface area contributed by atoms with Gasteiger partial charge in [-0.15, -0.1) is 0 Å². The van der Waals surface area contributed by atoms with Crippen molar-refractivity contribution in [2.45, 2.75) is 40.2 Å². The molecule has 7 heteroatoms. The Hall–Kier alpha value is -2.96. The first kappa shape index (κ1) is 17.8. The van der Waals surface area contributed by atoms with Crippen molar-refractivity contribution in [1.29, 1.82) is 0 Å². The first-order valence-electron chi connectivity index (χ1n) is 8.77. The highest BCUT2D eigenvalue weighted by Gasteiger charge is 2.22. The van der Waals surface area contributed by atoms with Crippen molar-refractivity contribution < 1.29 is 4.79 Å². The minimum atomic E-state index is -0.684. The van der Waals surface area contributed by atoms with Crippen LogP contribution in [-0.2, 0) is 4.79 Å². The molecule has 0 aliphatic carbocycles. The molecule has 0 saturated carbocycles. The molecule has 26 heavy (non-hydrogen) atoms. The lowest BCUT2D eigenvalue weighted by Crippen LogP contribution is -2.37. The van der Waals surface area contributed by atoms with Crippen molar-refractivity contribution in [2.75, 3.05) is 6.54 Å². The number of benzene rings is 1. The van der Waals surface area contributed by atoms with E-state index in [4.69, 9.17) is 0 Å². The fraction of sp³-hybridized carbons (Fsp3) is 0.368. The monoisotopic (exact) mass is 353 g/mol. The molecule has 136 valence electrons. The summed E-state index contributed by atoms with van der Waals surface area (Å²) in [5.41, 5.74) is 2.49. The standard InChI is InChI=1S/C19H23N5O2/c1-5-11-20-18(25)14(4)24-19(26)16-13(3)23(15-9-7-6-8-10-15)22-17(16)12(2)21-24/h6-10,14H,5,11H2,1-4H3,(H,20,25)/t14-/m0/s1. The lowest BCUT2D eigenvalue weighted by atomic mass is 10.2. The molecule has 0 radical (unpaired) electrons. The van der Waals surface area contributed by atoms with Crippen LogP contribution in [0.25, 0.3) is 16.6 Å². The van der Waals surface area contributed by atoms with E-state index in [-0.39, 0.29) is 11.5 Å². The quantitative estimate of drug-likeness (QED) is 0.763. The first-order chi connectivity index (χ1) is 12.5. The van der Waals surface area contributed by atoms with E-state index in [0.717, 1.165) is 17.8 Å². The highest BCUT2D eigenvalue weighted by Crippen LogP contribution is 2.20. The van der Waals surface area contributed by atoms with Gasteiger partial charge in [-0.1, -0.05) is 25.1 Å².